The number of aryl methyl sites for hydroxylation is 1. The number of carbonyl (C=O) groups is 2. The van der Waals surface area contributed by atoms with E-state index in [0.717, 1.165) is 16.8 Å². The van der Waals surface area contributed by atoms with E-state index in [0.29, 0.717) is 54.0 Å². The molecule has 1 aliphatic rings. The van der Waals surface area contributed by atoms with Crippen molar-refractivity contribution in [3.8, 4) is 11.5 Å². The molecule has 0 aromatic heterocycles. The van der Waals surface area contributed by atoms with Gasteiger partial charge >= 0.3 is 0 Å². The number of rotatable bonds is 6. The predicted octanol–water partition coefficient (Wildman–Crippen LogP) is 4.75. The number of halogens is 1. The molecule has 10 heteroatoms. The number of benzene rings is 3. The first-order valence-corrected chi connectivity index (χ1v) is 12.8. The van der Waals surface area contributed by atoms with Gasteiger partial charge in [0.05, 0.1) is 24.9 Å². The van der Waals surface area contributed by atoms with Crippen LogP contribution in [-0.4, -0.2) is 62.2 Å². The van der Waals surface area contributed by atoms with Gasteiger partial charge in [0.2, 0.25) is 0 Å². The van der Waals surface area contributed by atoms with Crippen LogP contribution in [0, 0.1) is 6.92 Å². The lowest BCUT2D eigenvalue weighted by molar-refractivity contribution is 0.0746. The van der Waals surface area contributed by atoms with Crippen LogP contribution in [0.2, 0.25) is 5.02 Å². The Balaban J connectivity index is 1.34. The number of nitrogens with one attached hydrogen (secondary N) is 2. The van der Waals surface area contributed by atoms with Crippen molar-refractivity contribution in [3.05, 3.63) is 82.4 Å². The van der Waals surface area contributed by atoms with Crippen LogP contribution in [-0.2, 0) is 0 Å². The van der Waals surface area contributed by atoms with Gasteiger partial charge in [-0.1, -0.05) is 29.8 Å². The molecule has 8 nitrogen and oxygen atoms in total. The Morgan fingerprint density at radius 3 is 2.18 bits per heavy atom. The highest BCUT2D eigenvalue weighted by molar-refractivity contribution is 7.80. The molecule has 198 valence electrons. The number of piperazine rings is 1. The first-order chi connectivity index (χ1) is 18.3. The molecule has 2 amide bonds. The van der Waals surface area contributed by atoms with Crippen LogP contribution in [0.4, 0.5) is 11.4 Å². The summed E-state index contributed by atoms with van der Waals surface area (Å²) in [4.78, 5) is 29.6. The van der Waals surface area contributed by atoms with Crippen LogP contribution < -0.4 is 25.0 Å². The van der Waals surface area contributed by atoms with Crippen molar-refractivity contribution < 1.29 is 19.1 Å². The third-order valence-corrected chi connectivity index (χ3v) is 6.84. The number of anilines is 2. The summed E-state index contributed by atoms with van der Waals surface area (Å²) in [6.07, 6.45) is 0. The molecule has 0 unspecified atom stereocenters. The highest BCUT2D eigenvalue weighted by atomic mass is 35.5. The van der Waals surface area contributed by atoms with Crippen molar-refractivity contribution in [3.63, 3.8) is 0 Å². The average molecular weight is 553 g/mol. The second-order valence-corrected chi connectivity index (χ2v) is 9.59. The van der Waals surface area contributed by atoms with Crippen LogP contribution >= 0.6 is 23.8 Å². The summed E-state index contributed by atoms with van der Waals surface area (Å²) in [5.74, 6) is 0.643. The van der Waals surface area contributed by atoms with Crippen molar-refractivity contribution in [2.24, 2.45) is 0 Å². The van der Waals surface area contributed by atoms with E-state index in [1.165, 1.54) is 14.2 Å². The minimum atomic E-state index is -0.402. The van der Waals surface area contributed by atoms with E-state index in [9.17, 15) is 9.59 Å². The van der Waals surface area contributed by atoms with Crippen molar-refractivity contribution in [1.29, 1.82) is 0 Å². The Morgan fingerprint density at radius 1 is 0.921 bits per heavy atom. The zero-order valence-corrected chi connectivity index (χ0v) is 23.0. The zero-order chi connectivity index (χ0) is 27.2. The Bertz CT molecular complexity index is 1340. The molecule has 0 radical (unpaired) electrons. The third kappa shape index (κ3) is 6.35. The normalized spacial score (nSPS) is 13.1. The number of methoxy groups -OCH3 is 2. The van der Waals surface area contributed by atoms with Crippen LogP contribution in [0.3, 0.4) is 0 Å². The van der Waals surface area contributed by atoms with Crippen LogP contribution in [0.25, 0.3) is 0 Å². The molecule has 1 saturated heterocycles. The quantitative estimate of drug-likeness (QED) is 0.427. The molecule has 38 heavy (non-hydrogen) atoms. The second-order valence-electron chi connectivity index (χ2n) is 8.77. The molecule has 3 aromatic carbocycles. The number of ether oxygens (including phenoxy) is 2. The zero-order valence-electron chi connectivity index (χ0n) is 21.4. The van der Waals surface area contributed by atoms with Crippen LogP contribution in [0.1, 0.15) is 26.3 Å². The molecule has 1 aliphatic heterocycles. The molecule has 1 heterocycles. The van der Waals surface area contributed by atoms with Gasteiger partial charge in [0.1, 0.15) is 11.5 Å². The summed E-state index contributed by atoms with van der Waals surface area (Å²) in [5, 5.41) is 6.32. The lowest BCUT2D eigenvalue weighted by atomic mass is 10.1. The summed E-state index contributed by atoms with van der Waals surface area (Å²) in [5.41, 5.74) is 3.57. The fourth-order valence-electron chi connectivity index (χ4n) is 4.25. The molecular weight excluding hydrogens is 524 g/mol. The van der Waals surface area contributed by atoms with Gasteiger partial charge in [-0.05, 0) is 61.1 Å². The van der Waals surface area contributed by atoms with E-state index < -0.39 is 5.91 Å². The number of thiocarbonyl (C=S) groups is 1. The average Bonchev–Trinajstić information content (AvgIpc) is 2.92. The largest absolute Gasteiger partial charge is 0.497 e. The predicted molar refractivity (Wildman–Crippen MR) is 154 cm³/mol. The fraction of sp³-hybridized carbons (Fsp3) is 0.250. The molecule has 1 fully saturated rings. The topological polar surface area (TPSA) is 83.1 Å². The first-order valence-electron chi connectivity index (χ1n) is 12.0. The molecule has 0 spiro atoms. The van der Waals surface area contributed by atoms with Crippen LogP contribution in [0.5, 0.6) is 11.5 Å². The smallest absolute Gasteiger partial charge is 0.257 e. The van der Waals surface area contributed by atoms with E-state index in [1.807, 2.05) is 48.2 Å². The van der Waals surface area contributed by atoms with E-state index in [2.05, 4.69) is 15.5 Å². The second kappa shape index (κ2) is 12.1. The van der Waals surface area contributed by atoms with E-state index in [1.54, 1.807) is 24.3 Å². The molecule has 0 saturated carbocycles. The van der Waals surface area contributed by atoms with Gasteiger partial charge < -0.3 is 24.6 Å². The molecule has 0 aliphatic carbocycles. The summed E-state index contributed by atoms with van der Waals surface area (Å²) in [7, 11) is 3.03. The van der Waals surface area contributed by atoms with Crippen molar-refractivity contribution in [2.75, 3.05) is 50.6 Å². The fourth-order valence-corrected chi connectivity index (χ4v) is 4.76. The van der Waals surface area contributed by atoms with Gasteiger partial charge in [-0.25, -0.2) is 0 Å². The summed E-state index contributed by atoms with van der Waals surface area (Å²) in [6, 6.07) is 18.0. The van der Waals surface area contributed by atoms with Crippen molar-refractivity contribution >= 4 is 52.1 Å². The summed E-state index contributed by atoms with van der Waals surface area (Å²) < 4.78 is 10.4. The molecular formula is C28H29ClN4O4S. The van der Waals surface area contributed by atoms with Gasteiger partial charge in [-0.2, -0.15) is 0 Å². The van der Waals surface area contributed by atoms with E-state index >= 15 is 0 Å². The monoisotopic (exact) mass is 552 g/mol. The summed E-state index contributed by atoms with van der Waals surface area (Å²) in [6.45, 7) is 4.50. The highest BCUT2D eigenvalue weighted by Gasteiger charge is 2.24. The highest BCUT2D eigenvalue weighted by Crippen LogP contribution is 2.30. The lowest BCUT2D eigenvalue weighted by Gasteiger charge is -2.36. The number of hydrogen-bond acceptors (Lipinski definition) is 6. The molecule has 0 bridgehead atoms. The van der Waals surface area contributed by atoms with Gasteiger partial charge in [0.25, 0.3) is 11.8 Å². The molecule has 0 atom stereocenters. The molecule has 3 aromatic rings. The van der Waals surface area contributed by atoms with Gasteiger partial charge in [-0.15, -0.1) is 0 Å². The van der Waals surface area contributed by atoms with Gasteiger partial charge in [0, 0.05) is 49.1 Å². The maximum atomic E-state index is 12.9. The summed E-state index contributed by atoms with van der Waals surface area (Å²) >= 11 is 11.9. The van der Waals surface area contributed by atoms with Gasteiger partial charge in [0.15, 0.2) is 5.11 Å². The Hall–Kier alpha value is -3.82. The Labute approximate surface area is 232 Å². The van der Waals surface area contributed by atoms with Crippen LogP contribution in [0.15, 0.2) is 60.7 Å². The van der Waals surface area contributed by atoms with Crippen molar-refractivity contribution in [2.45, 2.75) is 6.92 Å². The first kappa shape index (κ1) is 27.2. The number of nitrogens with zero attached hydrogens (tertiary/aromatic N) is 2. The molecule has 2 N–H and O–H groups in total. The Kier molecular flexibility index (Phi) is 8.70. The SMILES string of the molecule is COc1cc(OC)cc(C(=O)NC(=S)Nc2ccc(N3CCN(C(=O)c4ccccc4C)CC3)c(Cl)c2)c1. The maximum Gasteiger partial charge on any atom is 0.257 e. The van der Waals surface area contributed by atoms with Gasteiger partial charge in [-0.3, -0.25) is 14.9 Å². The number of carbonyl (C=O) groups excluding carboxylic acids is 2. The van der Waals surface area contributed by atoms with Crippen molar-refractivity contribution in [1.82, 2.24) is 10.2 Å². The van der Waals surface area contributed by atoms with E-state index in [-0.39, 0.29) is 11.0 Å². The molecule has 4 rings (SSSR count). The minimum Gasteiger partial charge on any atom is -0.497 e. The minimum absolute atomic E-state index is 0.0522. The standard InChI is InChI=1S/C28H29ClN4O4S/c1-18-6-4-5-7-23(18)27(35)33-12-10-32(11-13-33)25-9-8-20(16-24(25)29)30-28(38)31-26(34)19-14-21(36-2)17-22(15-19)37-3/h4-9,14-17H,10-13H2,1-3H3,(H2,30,31,34,38). The Morgan fingerprint density at radius 2 is 1.58 bits per heavy atom. The number of hydrogen-bond donors (Lipinski definition) is 2. The maximum absolute atomic E-state index is 12.9. The number of amides is 2. The lowest BCUT2D eigenvalue weighted by Crippen LogP contribution is -2.49. The third-order valence-electron chi connectivity index (χ3n) is 6.33. The van der Waals surface area contributed by atoms with E-state index in [4.69, 9.17) is 33.3 Å².